The zero-order valence-corrected chi connectivity index (χ0v) is 11.8. The molecule has 0 radical (unpaired) electrons. The molecule has 1 rings (SSSR count). The van der Waals surface area contributed by atoms with Crippen LogP contribution in [-0.4, -0.2) is 42.3 Å². The van der Waals surface area contributed by atoms with Crippen LogP contribution in [0.1, 0.15) is 28.4 Å². The van der Waals surface area contributed by atoms with Gasteiger partial charge in [-0.1, -0.05) is 6.07 Å². The van der Waals surface area contributed by atoms with Crippen LogP contribution in [0.3, 0.4) is 0 Å². The number of methoxy groups -OCH3 is 2. The number of hydrogen-bond acceptors (Lipinski definition) is 6. The average Bonchev–Trinajstić information content (AvgIpc) is 2.45. The van der Waals surface area contributed by atoms with E-state index in [1.54, 1.807) is 0 Å². The monoisotopic (exact) mass is 286 g/mol. The summed E-state index contributed by atoms with van der Waals surface area (Å²) in [7, 11) is 2.71. The molecule has 0 aliphatic heterocycles. The Kier molecular flexibility index (Phi) is 6.14. The molecule has 0 aliphatic rings. The van der Waals surface area contributed by atoms with Gasteiger partial charge in [0.15, 0.2) is 0 Å². The first kappa shape index (κ1) is 15.8. The van der Waals surface area contributed by atoms with Crippen molar-refractivity contribution in [3.63, 3.8) is 0 Å². The summed E-state index contributed by atoms with van der Waals surface area (Å²) < 4.78 is 9.74. The first-order valence-corrected chi connectivity index (χ1v) is 6.41. The van der Waals surface area contributed by atoms with Gasteiger partial charge < -0.3 is 19.7 Å². The molecule has 1 aromatic carbocycles. The molecule has 0 saturated heterocycles. The molecule has 2 unspecified atom stereocenters. The van der Waals surface area contributed by atoms with Crippen LogP contribution >= 0.6 is 12.6 Å². The fourth-order valence-corrected chi connectivity index (χ4v) is 1.96. The van der Waals surface area contributed by atoms with E-state index < -0.39 is 18.2 Å². The van der Waals surface area contributed by atoms with E-state index in [4.69, 9.17) is 4.74 Å². The molecule has 0 spiro atoms. The van der Waals surface area contributed by atoms with Gasteiger partial charge in [0.1, 0.15) is 11.9 Å². The Balaban J connectivity index is 3.05. The predicted molar refractivity (Wildman–Crippen MR) is 73.8 cm³/mol. The van der Waals surface area contributed by atoms with Crippen molar-refractivity contribution < 1.29 is 24.5 Å². The third-order valence-electron chi connectivity index (χ3n) is 2.76. The summed E-state index contributed by atoms with van der Waals surface area (Å²) in [5.74, 6) is 0.296. The zero-order valence-electron chi connectivity index (χ0n) is 10.9. The predicted octanol–water partition coefficient (Wildman–Crippen LogP) is 1.20. The highest BCUT2D eigenvalue weighted by Gasteiger charge is 2.22. The standard InChI is InChI=1S/C13H18O5S/c1-17-11-7-8(13(16)18-2)3-4-9(11)12(15)10(14)5-6-19/h3-4,7,10,12,14-15,19H,5-6H2,1-2H3. The quantitative estimate of drug-likeness (QED) is 0.541. The van der Waals surface area contributed by atoms with Crippen LogP contribution in [0.5, 0.6) is 5.75 Å². The van der Waals surface area contributed by atoms with Gasteiger partial charge in [-0.25, -0.2) is 4.79 Å². The van der Waals surface area contributed by atoms with Gasteiger partial charge in [0.2, 0.25) is 0 Å². The summed E-state index contributed by atoms with van der Waals surface area (Å²) in [6, 6.07) is 4.52. The molecule has 0 amide bonds. The van der Waals surface area contributed by atoms with Crippen LogP contribution < -0.4 is 4.74 Å². The van der Waals surface area contributed by atoms with E-state index in [1.165, 1.54) is 32.4 Å². The number of aliphatic hydroxyl groups is 2. The Hall–Kier alpha value is -1.24. The van der Waals surface area contributed by atoms with Crippen molar-refractivity contribution in [3.8, 4) is 5.75 Å². The van der Waals surface area contributed by atoms with Crippen molar-refractivity contribution in [2.45, 2.75) is 18.6 Å². The molecule has 19 heavy (non-hydrogen) atoms. The maximum Gasteiger partial charge on any atom is 0.337 e. The molecule has 5 nitrogen and oxygen atoms in total. The van der Waals surface area contributed by atoms with Crippen molar-refractivity contribution in [2.75, 3.05) is 20.0 Å². The summed E-state index contributed by atoms with van der Waals surface area (Å²) in [6.45, 7) is 0. The van der Waals surface area contributed by atoms with Gasteiger partial charge in [-0.2, -0.15) is 12.6 Å². The highest BCUT2D eigenvalue weighted by atomic mass is 32.1. The second kappa shape index (κ2) is 7.37. The summed E-state index contributed by atoms with van der Waals surface area (Å²) in [6.07, 6.45) is -1.67. The molecular formula is C13H18O5S. The van der Waals surface area contributed by atoms with E-state index in [2.05, 4.69) is 17.4 Å². The van der Waals surface area contributed by atoms with Gasteiger partial charge in [-0.3, -0.25) is 0 Å². The van der Waals surface area contributed by atoms with Crippen molar-refractivity contribution >= 4 is 18.6 Å². The average molecular weight is 286 g/mol. The third-order valence-corrected chi connectivity index (χ3v) is 3.02. The zero-order chi connectivity index (χ0) is 14.4. The third kappa shape index (κ3) is 3.86. The first-order valence-electron chi connectivity index (χ1n) is 5.78. The van der Waals surface area contributed by atoms with E-state index in [-0.39, 0.29) is 0 Å². The molecular weight excluding hydrogens is 268 g/mol. The number of carbonyl (C=O) groups excluding carboxylic acids is 1. The van der Waals surface area contributed by atoms with Crippen LogP contribution in [0.15, 0.2) is 18.2 Å². The minimum Gasteiger partial charge on any atom is -0.496 e. The van der Waals surface area contributed by atoms with E-state index in [1.807, 2.05) is 0 Å². The van der Waals surface area contributed by atoms with Crippen LogP contribution in [0.4, 0.5) is 0 Å². The maximum absolute atomic E-state index is 11.4. The number of rotatable bonds is 6. The Morgan fingerprint density at radius 2 is 2.05 bits per heavy atom. The lowest BCUT2D eigenvalue weighted by Crippen LogP contribution is -2.19. The van der Waals surface area contributed by atoms with Crippen LogP contribution in [0.2, 0.25) is 0 Å². The minimum absolute atomic E-state index is 0.319. The van der Waals surface area contributed by atoms with Gasteiger partial charge in [0.25, 0.3) is 0 Å². The van der Waals surface area contributed by atoms with E-state index in [0.717, 1.165) is 0 Å². The Morgan fingerprint density at radius 1 is 1.37 bits per heavy atom. The summed E-state index contributed by atoms with van der Waals surface area (Å²) >= 11 is 4.01. The van der Waals surface area contributed by atoms with E-state index in [0.29, 0.717) is 29.1 Å². The number of benzene rings is 1. The highest BCUT2D eigenvalue weighted by Crippen LogP contribution is 2.29. The molecule has 0 aliphatic carbocycles. The molecule has 2 atom stereocenters. The Morgan fingerprint density at radius 3 is 2.58 bits per heavy atom. The van der Waals surface area contributed by atoms with Gasteiger partial charge in [0.05, 0.1) is 25.9 Å². The van der Waals surface area contributed by atoms with Gasteiger partial charge >= 0.3 is 5.97 Å². The van der Waals surface area contributed by atoms with Crippen LogP contribution in [0, 0.1) is 0 Å². The van der Waals surface area contributed by atoms with Crippen molar-refractivity contribution in [1.82, 2.24) is 0 Å². The number of ether oxygens (including phenoxy) is 2. The summed E-state index contributed by atoms with van der Waals surface area (Å²) in [5, 5.41) is 19.8. The minimum atomic E-state index is -1.09. The highest BCUT2D eigenvalue weighted by molar-refractivity contribution is 7.80. The SMILES string of the molecule is COC(=O)c1ccc(C(O)C(O)CCS)c(OC)c1. The smallest absolute Gasteiger partial charge is 0.337 e. The largest absolute Gasteiger partial charge is 0.496 e. The van der Waals surface area contributed by atoms with Gasteiger partial charge in [-0.05, 0) is 24.3 Å². The van der Waals surface area contributed by atoms with Crippen molar-refractivity contribution in [2.24, 2.45) is 0 Å². The van der Waals surface area contributed by atoms with Crippen LogP contribution in [-0.2, 0) is 4.74 Å². The molecule has 2 N–H and O–H groups in total. The van der Waals surface area contributed by atoms with E-state index >= 15 is 0 Å². The normalized spacial score (nSPS) is 13.7. The van der Waals surface area contributed by atoms with E-state index in [9.17, 15) is 15.0 Å². The molecule has 0 fully saturated rings. The maximum atomic E-state index is 11.4. The molecule has 0 bridgehead atoms. The Labute approximate surface area is 117 Å². The second-order valence-electron chi connectivity index (χ2n) is 3.97. The molecule has 0 aromatic heterocycles. The molecule has 6 heteroatoms. The van der Waals surface area contributed by atoms with Gasteiger partial charge in [-0.15, -0.1) is 0 Å². The molecule has 0 heterocycles. The fraction of sp³-hybridized carbons (Fsp3) is 0.462. The van der Waals surface area contributed by atoms with Gasteiger partial charge in [0, 0.05) is 5.56 Å². The van der Waals surface area contributed by atoms with Crippen molar-refractivity contribution in [1.29, 1.82) is 0 Å². The summed E-state index contributed by atoms with van der Waals surface area (Å²) in [5.41, 5.74) is 0.739. The van der Waals surface area contributed by atoms with Crippen molar-refractivity contribution in [3.05, 3.63) is 29.3 Å². The lowest BCUT2D eigenvalue weighted by atomic mass is 10.00. The summed E-state index contributed by atoms with van der Waals surface area (Å²) in [4.78, 5) is 11.4. The molecule has 1 aromatic rings. The first-order chi connectivity index (χ1) is 9.04. The fourth-order valence-electron chi connectivity index (χ4n) is 1.70. The van der Waals surface area contributed by atoms with Crippen LogP contribution in [0.25, 0.3) is 0 Å². The Bertz CT molecular complexity index is 435. The number of aliphatic hydroxyl groups excluding tert-OH is 2. The topological polar surface area (TPSA) is 76.0 Å². The second-order valence-corrected chi connectivity index (χ2v) is 4.42. The molecule has 106 valence electrons. The lowest BCUT2D eigenvalue weighted by molar-refractivity contribution is 0.0158. The number of esters is 1. The number of thiol groups is 1. The molecule has 0 saturated carbocycles. The number of carbonyl (C=O) groups is 1. The lowest BCUT2D eigenvalue weighted by Gasteiger charge is -2.20. The number of hydrogen-bond donors (Lipinski definition) is 3.